The van der Waals surface area contributed by atoms with Crippen molar-refractivity contribution in [3.63, 3.8) is 0 Å². The van der Waals surface area contributed by atoms with Crippen molar-refractivity contribution in [2.75, 3.05) is 6.54 Å². The highest BCUT2D eigenvalue weighted by atomic mass is 19.1. The number of rotatable bonds is 2. The van der Waals surface area contributed by atoms with Crippen LogP contribution in [0.15, 0.2) is 24.3 Å². The van der Waals surface area contributed by atoms with Crippen molar-refractivity contribution >= 4 is 6.08 Å². The van der Waals surface area contributed by atoms with Gasteiger partial charge in [0.05, 0.1) is 0 Å². The molecule has 0 fully saturated rings. The second-order valence-corrected chi connectivity index (χ2v) is 2.62. The molecule has 0 amide bonds. The average Bonchev–Trinajstić information content (AvgIpc) is 2.08. The monoisotopic (exact) mass is 165 g/mol. The topological polar surface area (TPSA) is 26.0 Å². The van der Waals surface area contributed by atoms with Crippen LogP contribution in [0.3, 0.4) is 0 Å². The van der Waals surface area contributed by atoms with Crippen molar-refractivity contribution in [1.82, 2.24) is 0 Å². The van der Waals surface area contributed by atoms with E-state index in [4.69, 9.17) is 5.73 Å². The van der Waals surface area contributed by atoms with Gasteiger partial charge in [-0.2, -0.15) is 0 Å². The van der Waals surface area contributed by atoms with Crippen LogP contribution in [-0.2, 0) is 0 Å². The van der Waals surface area contributed by atoms with E-state index in [2.05, 4.69) is 0 Å². The van der Waals surface area contributed by atoms with Crippen molar-refractivity contribution in [2.45, 2.75) is 6.92 Å². The number of nitrogens with two attached hydrogens (primary N) is 1. The summed E-state index contributed by atoms with van der Waals surface area (Å²) in [4.78, 5) is 0. The summed E-state index contributed by atoms with van der Waals surface area (Å²) in [5.74, 6) is -0.165. The van der Waals surface area contributed by atoms with Crippen LogP contribution in [0.4, 0.5) is 4.39 Å². The fraction of sp³-hybridized carbons (Fsp3) is 0.200. The number of hydrogen-bond donors (Lipinski definition) is 1. The Balaban J connectivity index is 3.00. The molecule has 0 aliphatic heterocycles. The second-order valence-electron chi connectivity index (χ2n) is 2.62. The molecule has 0 saturated carbocycles. The molecule has 1 nitrogen and oxygen atoms in total. The summed E-state index contributed by atoms with van der Waals surface area (Å²) in [6, 6.07) is 5.30. The Morgan fingerprint density at radius 1 is 1.50 bits per heavy atom. The van der Waals surface area contributed by atoms with Crippen molar-refractivity contribution in [3.05, 3.63) is 41.2 Å². The first-order chi connectivity index (χ1) is 5.75. The molecule has 0 radical (unpaired) electrons. The highest BCUT2D eigenvalue weighted by Gasteiger charge is 1.99. The Labute approximate surface area is 71.7 Å². The maximum Gasteiger partial charge on any atom is 0.133 e. The summed E-state index contributed by atoms with van der Waals surface area (Å²) < 4.78 is 13.2. The minimum Gasteiger partial charge on any atom is -0.327 e. The quantitative estimate of drug-likeness (QED) is 0.713. The SMILES string of the molecule is Cc1cccc(C=CCN)c1F. The van der Waals surface area contributed by atoms with Gasteiger partial charge in [-0.3, -0.25) is 0 Å². The highest BCUT2D eigenvalue weighted by Crippen LogP contribution is 2.12. The molecule has 0 aromatic heterocycles. The molecule has 0 atom stereocenters. The van der Waals surface area contributed by atoms with Gasteiger partial charge in [0.2, 0.25) is 0 Å². The zero-order valence-electron chi connectivity index (χ0n) is 7.05. The maximum atomic E-state index is 13.2. The predicted molar refractivity (Wildman–Crippen MR) is 49.2 cm³/mol. The van der Waals surface area contributed by atoms with Crippen LogP contribution in [0.5, 0.6) is 0 Å². The summed E-state index contributed by atoms with van der Waals surface area (Å²) in [5.41, 5.74) is 6.51. The van der Waals surface area contributed by atoms with Crippen molar-refractivity contribution in [2.24, 2.45) is 5.73 Å². The van der Waals surface area contributed by atoms with Gasteiger partial charge in [0.25, 0.3) is 0 Å². The molecule has 0 saturated heterocycles. The van der Waals surface area contributed by atoms with Crippen molar-refractivity contribution < 1.29 is 4.39 Å². The zero-order valence-corrected chi connectivity index (χ0v) is 7.05. The van der Waals surface area contributed by atoms with E-state index in [1.165, 1.54) is 0 Å². The van der Waals surface area contributed by atoms with E-state index < -0.39 is 0 Å². The van der Waals surface area contributed by atoms with Gasteiger partial charge in [-0.25, -0.2) is 4.39 Å². The Morgan fingerprint density at radius 3 is 2.92 bits per heavy atom. The lowest BCUT2D eigenvalue weighted by atomic mass is 10.1. The van der Waals surface area contributed by atoms with E-state index in [0.29, 0.717) is 17.7 Å². The molecule has 2 N–H and O–H groups in total. The lowest BCUT2D eigenvalue weighted by molar-refractivity contribution is 0.616. The van der Waals surface area contributed by atoms with E-state index in [0.717, 1.165) is 0 Å². The predicted octanol–water partition coefficient (Wildman–Crippen LogP) is 2.11. The lowest BCUT2D eigenvalue weighted by Gasteiger charge is -1.99. The molecule has 0 aliphatic rings. The third kappa shape index (κ3) is 1.92. The summed E-state index contributed by atoms with van der Waals surface area (Å²) in [7, 11) is 0. The summed E-state index contributed by atoms with van der Waals surface area (Å²) in [6.45, 7) is 2.18. The minimum absolute atomic E-state index is 0.165. The van der Waals surface area contributed by atoms with E-state index in [1.54, 1.807) is 31.2 Å². The van der Waals surface area contributed by atoms with Gasteiger partial charge >= 0.3 is 0 Å². The average molecular weight is 165 g/mol. The van der Waals surface area contributed by atoms with Gasteiger partial charge < -0.3 is 5.73 Å². The summed E-state index contributed by atoms with van der Waals surface area (Å²) in [5, 5.41) is 0. The lowest BCUT2D eigenvalue weighted by Crippen LogP contribution is -1.93. The molecule has 2 heteroatoms. The van der Waals surface area contributed by atoms with Crippen LogP contribution in [0, 0.1) is 12.7 Å². The van der Waals surface area contributed by atoms with Gasteiger partial charge in [-0.05, 0) is 12.5 Å². The molecule has 0 bridgehead atoms. The molecular formula is C10H12FN. The second kappa shape index (κ2) is 4.02. The van der Waals surface area contributed by atoms with Gasteiger partial charge in [0.15, 0.2) is 0 Å². The van der Waals surface area contributed by atoms with E-state index in [1.807, 2.05) is 6.07 Å². The van der Waals surface area contributed by atoms with Crippen LogP contribution >= 0.6 is 0 Å². The smallest absolute Gasteiger partial charge is 0.133 e. The van der Waals surface area contributed by atoms with Crippen molar-refractivity contribution in [3.8, 4) is 0 Å². The minimum atomic E-state index is -0.165. The van der Waals surface area contributed by atoms with Gasteiger partial charge in [-0.1, -0.05) is 30.4 Å². The van der Waals surface area contributed by atoms with Gasteiger partial charge in [0, 0.05) is 12.1 Å². The molecule has 1 rings (SSSR count). The highest BCUT2D eigenvalue weighted by molar-refractivity contribution is 5.51. The molecule has 1 aromatic rings. The van der Waals surface area contributed by atoms with Crippen molar-refractivity contribution in [1.29, 1.82) is 0 Å². The van der Waals surface area contributed by atoms with Gasteiger partial charge in [-0.15, -0.1) is 0 Å². The first-order valence-corrected chi connectivity index (χ1v) is 3.87. The Bertz CT molecular complexity index is 292. The zero-order chi connectivity index (χ0) is 8.97. The van der Waals surface area contributed by atoms with E-state index in [-0.39, 0.29) is 5.82 Å². The van der Waals surface area contributed by atoms with Crippen LogP contribution in [0.2, 0.25) is 0 Å². The van der Waals surface area contributed by atoms with Crippen LogP contribution in [0.1, 0.15) is 11.1 Å². The molecule has 64 valence electrons. The number of halogens is 1. The maximum absolute atomic E-state index is 13.2. The molecule has 0 aliphatic carbocycles. The first-order valence-electron chi connectivity index (χ1n) is 3.87. The molecule has 12 heavy (non-hydrogen) atoms. The van der Waals surface area contributed by atoms with Crippen LogP contribution in [0.25, 0.3) is 6.08 Å². The number of aryl methyl sites for hydroxylation is 1. The number of benzene rings is 1. The first kappa shape index (κ1) is 8.94. The fourth-order valence-electron chi connectivity index (χ4n) is 0.994. The fourth-order valence-corrected chi connectivity index (χ4v) is 0.994. The Hall–Kier alpha value is -1.15. The third-order valence-corrected chi connectivity index (χ3v) is 1.66. The normalized spacial score (nSPS) is 10.9. The standard InChI is InChI=1S/C10H12FN/c1-8-4-2-5-9(10(8)11)6-3-7-12/h2-6H,7,12H2,1H3. The Kier molecular flexibility index (Phi) is 3.00. The molecule has 0 unspecified atom stereocenters. The Morgan fingerprint density at radius 2 is 2.25 bits per heavy atom. The van der Waals surface area contributed by atoms with Crippen LogP contribution in [-0.4, -0.2) is 6.54 Å². The third-order valence-electron chi connectivity index (χ3n) is 1.66. The number of hydrogen-bond acceptors (Lipinski definition) is 1. The molecule has 0 heterocycles. The van der Waals surface area contributed by atoms with E-state index >= 15 is 0 Å². The molecule has 0 spiro atoms. The van der Waals surface area contributed by atoms with Crippen LogP contribution < -0.4 is 5.73 Å². The summed E-state index contributed by atoms with van der Waals surface area (Å²) in [6.07, 6.45) is 3.43. The molecule has 1 aromatic carbocycles. The summed E-state index contributed by atoms with van der Waals surface area (Å²) >= 11 is 0. The van der Waals surface area contributed by atoms with Gasteiger partial charge in [0.1, 0.15) is 5.82 Å². The molecular weight excluding hydrogens is 153 g/mol. The largest absolute Gasteiger partial charge is 0.327 e. The van der Waals surface area contributed by atoms with E-state index in [9.17, 15) is 4.39 Å².